The molecule has 7 atom stereocenters. The summed E-state index contributed by atoms with van der Waals surface area (Å²) in [5.74, 6) is 0.735. The summed E-state index contributed by atoms with van der Waals surface area (Å²) in [5, 5.41) is 10.8. The Hall–Kier alpha value is -1.35. The lowest BCUT2D eigenvalue weighted by atomic mass is 9.44. The van der Waals surface area contributed by atoms with E-state index in [-0.39, 0.29) is 39.7 Å². The van der Waals surface area contributed by atoms with E-state index in [1.165, 1.54) is 5.57 Å². The minimum absolute atomic E-state index is 0.0277. The number of fused-ring (bicyclic) bond motifs is 5. The summed E-state index contributed by atoms with van der Waals surface area (Å²) in [7, 11) is 1.55. The molecule has 0 radical (unpaired) electrons. The van der Waals surface area contributed by atoms with Crippen LogP contribution in [-0.4, -0.2) is 24.3 Å². The van der Waals surface area contributed by atoms with Crippen molar-refractivity contribution in [2.75, 3.05) is 7.11 Å². The average Bonchev–Trinajstić information content (AvgIpc) is 3.05. The van der Waals surface area contributed by atoms with E-state index < -0.39 is 0 Å². The maximum atomic E-state index is 13.0. The quantitative estimate of drug-likeness (QED) is 0.337. The van der Waals surface area contributed by atoms with Crippen molar-refractivity contribution in [3.05, 3.63) is 34.9 Å². The van der Waals surface area contributed by atoms with Crippen molar-refractivity contribution in [2.45, 2.75) is 106 Å². The third kappa shape index (κ3) is 3.59. The van der Waals surface area contributed by atoms with Gasteiger partial charge in [-0.15, -0.1) is 0 Å². The van der Waals surface area contributed by atoms with Crippen molar-refractivity contribution < 1.29 is 14.6 Å². The van der Waals surface area contributed by atoms with Gasteiger partial charge in [0.2, 0.25) is 0 Å². The van der Waals surface area contributed by atoms with Gasteiger partial charge in [0, 0.05) is 0 Å². The maximum absolute atomic E-state index is 13.0. The molecule has 2 saturated carbocycles. The third-order valence-corrected chi connectivity index (χ3v) is 11.3. The normalized spacial score (nSPS) is 41.3. The van der Waals surface area contributed by atoms with Crippen LogP contribution in [0.3, 0.4) is 0 Å². The van der Waals surface area contributed by atoms with Crippen molar-refractivity contribution in [1.82, 2.24) is 0 Å². The summed E-state index contributed by atoms with van der Waals surface area (Å²) in [5.41, 5.74) is 4.62. The van der Waals surface area contributed by atoms with Crippen LogP contribution in [0.5, 0.6) is 0 Å². The molecule has 0 bridgehead atoms. The zero-order valence-corrected chi connectivity index (χ0v) is 23.0. The molecule has 34 heavy (non-hydrogen) atoms. The van der Waals surface area contributed by atoms with Gasteiger partial charge in [-0.2, -0.15) is 0 Å². The first-order chi connectivity index (χ1) is 15.8. The van der Waals surface area contributed by atoms with Crippen LogP contribution in [0.2, 0.25) is 0 Å². The molecular formula is C31H48O3. The molecular weight excluding hydrogens is 420 g/mol. The van der Waals surface area contributed by atoms with E-state index in [4.69, 9.17) is 4.74 Å². The number of carbonyl (C=O) groups excluding carboxylic acids is 1. The van der Waals surface area contributed by atoms with Crippen LogP contribution in [0.25, 0.3) is 0 Å². The average molecular weight is 469 g/mol. The highest BCUT2D eigenvalue weighted by atomic mass is 16.5. The highest BCUT2D eigenvalue weighted by molar-refractivity contribution is 5.73. The summed E-state index contributed by atoms with van der Waals surface area (Å²) in [6.07, 6.45) is 15.2. The van der Waals surface area contributed by atoms with Gasteiger partial charge in [-0.1, -0.05) is 58.4 Å². The first-order valence-corrected chi connectivity index (χ1v) is 13.6. The van der Waals surface area contributed by atoms with Crippen LogP contribution in [0, 0.1) is 39.4 Å². The Kier molecular flexibility index (Phi) is 6.54. The molecule has 1 N–H and O–H groups in total. The summed E-state index contributed by atoms with van der Waals surface area (Å²) in [4.78, 5) is 13.0. The smallest absolute Gasteiger partial charge is 0.308 e. The molecule has 2 fully saturated rings. The molecule has 0 saturated heterocycles. The number of aliphatic hydroxyl groups excluding tert-OH is 1. The second kappa shape index (κ2) is 8.64. The standard InChI is InChI=1S/C31H48O3/c1-20(2)10-9-11-21(27(33)34-8)22-14-18-31(7)24-12-13-25-28(3,4)26(32)16-17-29(25,5)23(24)15-19-30(22,31)6/h10,12,15,21-22,25-26,32H,9,11,13-14,16-19H2,1-8H3/t21-,22-,25+,26+,29-,30-,31+/m1/s1. The minimum Gasteiger partial charge on any atom is -0.469 e. The topological polar surface area (TPSA) is 46.5 Å². The van der Waals surface area contributed by atoms with Gasteiger partial charge < -0.3 is 9.84 Å². The summed E-state index contributed by atoms with van der Waals surface area (Å²) in [6, 6.07) is 0. The van der Waals surface area contributed by atoms with Gasteiger partial charge in [0.15, 0.2) is 0 Å². The lowest BCUT2D eigenvalue weighted by Gasteiger charge is -2.61. The number of ether oxygens (including phenoxy) is 1. The van der Waals surface area contributed by atoms with Crippen molar-refractivity contribution in [3.63, 3.8) is 0 Å². The Labute approximate surface area is 208 Å². The van der Waals surface area contributed by atoms with E-state index in [9.17, 15) is 9.90 Å². The monoisotopic (exact) mass is 468 g/mol. The number of hydrogen-bond acceptors (Lipinski definition) is 3. The van der Waals surface area contributed by atoms with Gasteiger partial charge in [-0.05, 0) is 110 Å². The number of methoxy groups -OCH3 is 1. The number of aliphatic hydroxyl groups is 1. The molecule has 4 aliphatic rings. The number of rotatable bonds is 5. The molecule has 0 aromatic heterocycles. The highest BCUT2D eigenvalue weighted by Gasteiger charge is 2.63. The maximum Gasteiger partial charge on any atom is 0.308 e. The Morgan fingerprint density at radius 2 is 1.82 bits per heavy atom. The highest BCUT2D eigenvalue weighted by Crippen LogP contribution is 2.71. The van der Waals surface area contributed by atoms with Crippen LogP contribution in [0.15, 0.2) is 34.9 Å². The van der Waals surface area contributed by atoms with Crippen LogP contribution in [0.4, 0.5) is 0 Å². The van der Waals surface area contributed by atoms with Crippen LogP contribution in [-0.2, 0) is 9.53 Å². The van der Waals surface area contributed by atoms with Crippen molar-refractivity contribution in [3.8, 4) is 0 Å². The lowest BCUT2D eigenvalue weighted by Crippen LogP contribution is -2.54. The van der Waals surface area contributed by atoms with E-state index in [1.54, 1.807) is 18.3 Å². The second-order valence-electron chi connectivity index (χ2n) is 13.4. The van der Waals surface area contributed by atoms with Gasteiger partial charge in [0.1, 0.15) is 0 Å². The van der Waals surface area contributed by atoms with Gasteiger partial charge in [0.25, 0.3) is 0 Å². The van der Waals surface area contributed by atoms with Gasteiger partial charge in [0.05, 0.1) is 19.1 Å². The SMILES string of the molecule is COC(=O)[C@H](CCC=C(C)C)[C@H]1CC[C@@]2(C)C3=CC[C@H]4C(C)(C)[C@@H](O)CC[C@]4(C)C3=CC[C@]12C. The molecule has 3 heteroatoms. The number of carbonyl (C=O) groups is 1. The molecule has 0 aliphatic heterocycles. The summed E-state index contributed by atoms with van der Waals surface area (Å²) in [6.45, 7) is 16.2. The largest absolute Gasteiger partial charge is 0.469 e. The summed E-state index contributed by atoms with van der Waals surface area (Å²) >= 11 is 0. The molecule has 0 aromatic carbocycles. The fraction of sp³-hybridized carbons (Fsp3) is 0.774. The predicted octanol–water partition coefficient (Wildman–Crippen LogP) is 7.41. The van der Waals surface area contributed by atoms with Gasteiger partial charge in [-0.3, -0.25) is 4.79 Å². The Morgan fingerprint density at radius 3 is 2.47 bits per heavy atom. The van der Waals surface area contributed by atoms with Crippen LogP contribution in [0.1, 0.15) is 99.8 Å². The predicted molar refractivity (Wildman–Crippen MR) is 139 cm³/mol. The zero-order valence-electron chi connectivity index (χ0n) is 23.0. The first-order valence-electron chi connectivity index (χ1n) is 13.6. The molecule has 0 spiro atoms. The molecule has 0 unspecified atom stereocenters. The first kappa shape index (κ1) is 25.7. The Bertz CT molecular complexity index is 919. The third-order valence-electron chi connectivity index (χ3n) is 11.3. The molecule has 0 aromatic rings. The molecule has 4 aliphatic carbocycles. The van der Waals surface area contributed by atoms with E-state index in [0.717, 1.165) is 51.4 Å². The van der Waals surface area contributed by atoms with Crippen molar-refractivity contribution in [1.29, 1.82) is 0 Å². The molecule has 0 heterocycles. The van der Waals surface area contributed by atoms with E-state index in [1.807, 2.05) is 0 Å². The fourth-order valence-electron chi connectivity index (χ4n) is 8.86. The summed E-state index contributed by atoms with van der Waals surface area (Å²) < 4.78 is 5.35. The molecule has 0 amide bonds. The minimum atomic E-state index is -0.219. The van der Waals surface area contributed by atoms with Gasteiger partial charge >= 0.3 is 5.97 Å². The van der Waals surface area contributed by atoms with E-state index >= 15 is 0 Å². The van der Waals surface area contributed by atoms with Crippen LogP contribution < -0.4 is 0 Å². The van der Waals surface area contributed by atoms with Gasteiger partial charge in [-0.25, -0.2) is 0 Å². The fourth-order valence-corrected chi connectivity index (χ4v) is 8.86. The van der Waals surface area contributed by atoms with Crippen molar-refractivity contribution >= 4 is 5.97 Å². The molecule has 4 rings (SSSR count). The van der Waals surface area contributed by atoms with E-state index in [0.29, 0.717) is 11.8 Å². The number of esters is 1. The Morgan fingerprint density at radius 1 is 1.12 bits per heavy atom. The molecule has 190 valence electrons. The van der Waals surface area contributed by atoms with Crippen LogP contribution >= 0.6 is 0 Å². The molecule has 3 nitrogen and oxygen atoms in total. The number of hydrogen-bond donors (Lipinski definition) is 1. The van der Waals surface area contributed by atoms with Crippen molar-refractivity contribution in [2.24, 2.45) is 39.4 Å². The Balaban J connectivity index is 1.71. The number of allylic oxidation sites excluding steroid dienone is 6. The second-order valence-corrected chi connectivity index (χ2v) is 13.4. The van der Waals surface area contributed by atoms with E-state index in [2.05, 4.69) is 66.7 Å². The lowest BCUT2D eigenvalue weighted by molar-refractivity contribution is -0.150. The zero-order chi connectivity index (χ0) is 25.1.